The van der Waals surface area contributed by atoms with Gasteiger partial charge in [-0.25, -0.2) is 0 Å². The number of terminal acetylenes is 1. The molecule has 74 valence electrons. The summed E-state index contributed by atoms with van der Waals surface area (Å²) in [6.45, 7) is 3.98. The maximum atomic E-state index is 5.20. The van der Waals surface area contributed by atoms with Crippen molar-refractivity contribution in [1.82, 2.24) is 10.6 Å². The Kier molecular flexibility index (Phi) is 4.88. The molecule has 2 N–H and O–H groups in total. The molecule has 0 atom stereocenters. The third kappa shape index (κ3) is 3.80. The van der Waals surface area contributed by atoms with Crippen molar-refractivity contribution in [2.45, 2.75) is 44.7 Å². The van der Waals surface area contributed by atoms with Crippen molar-refractivity contribution in [3.63, 3.8) is 0 Å². The highest BCUT2D eigenvalue weighted by Crippen LogP contribution is 2.18. The maximum absolute atomic E-state index is 5.20. The van der Waals surface area contributed by atoms with Crippen LogP contribution in [0.2, 0.25) is 0 Å². The SMILES string of the molecule is C#CCNC1CCC(NCC)CC1. The Bertz CT molecular complexity index is 163. The molecule has 0 aliphatic heterocycles. The molecule has 1 rings (SSSR count). The molecule has 1 aliphatic carbocycles. The van der Waals surface area contributed by atoms with Gasteiger partial charge >= 0.3 is 0 Å². The number of rotatable bonds is 4. The van der Waals surface area contributed by atoms with Crippen LogP contribution >= 0.6 is 0 Å². The summed E-state index contributed by atoms with van der Waals surface area (Å²) in [7, 11) is 0. The van der Waals surface area contributed by atoms with Gasteiger partial charge in [0.05, 0.1) is 6.54 Å². The standard InChI is InChI=1S/C11H20N2/c1-3-9-13-11-7-5-10(6-8-11)12-4-2/h1,10-13H,4-9H2,2H3. The van der Waals surface area contributed by atoms with Gasteiger partial charge in [-0.3, -0.25) is 0 Å². The van der Waals surface area contributed by atoms with Crippen molar-refractivity contribution in [3.05, 3.63) is 0 Å². The molecule has 1 fully saturated rings. The summed E-state index contributed by atoms with van der Waals surface area (Å²) in [4.78, 5) is 0. The molecule has 0 radical (unpaired) electrons. The number of nitrogens with one attached hydrogen (secondary N) is 2. The van der Waals surface area contributed by atoms with Gasteiger partial charge in [0.25, 0.3) is 0 Å². The predicted octanol–water partition coefficient (Wildman–Crippen LogP) is 1.13. The molecule has 0 saturated heterocycles. The molecular formula is C11H20N2. The molecular weight excluding hydrogens is 160 g/mol. The van der Waals surface area contributed by atoms with Crippen LogP contribution in [0.4, 0.5) is 0 Å². The van der Waals surface area contributed by atoms with E-state index in [4.69, 9.17) is 6.42 Å². The van der Waals surface area contributed by atoms with Crippen LogP contribution in [-0.2, 0) is 0 Å². The lowest BCUT2D eigenvalue weighted by atomic mass is 9.91. The van der Waals surface area contributed by atoms with E-state index in [1.54, 1.807) is 0 Å². The molecule has 1 saturated carbocycles. The first-order chi connectivity index (χ1) is 6.36. The fourth-order valence-corrected chi connectivity index (χ4v) is 1.99. The average Bonchev–Trinajstić information content (AvgIpc) is 2.17. The van der Waals surface area contributed by atoms with Crippen LogP contribution in [0.5, 0.6) is 0 Å². The molecule has 1 aliphatic rings. The van der Waals surface area contributed by atoms with Crippen LogP contribution in [0.25, 0.3) is 0 Å². The van der Waals surface area contributed by atoms with Gasteiger partial charge in [0, 0.05) is 12.1 Å². The lowest BCUT2D eigenvalue weighted by Gasteiger charge is -2.29. The second-order valence-corrected chi connectivity index (χ2v) is 3.69. The van der Waals surface area contributed by atoms with Crippen molar-refractivity contribution >= 4 is 0 Å². The van der Waals surface area contributed by atoms with Crippen molar-refractivity contribution in [2.75, 3.05) is 13.1 Å². The molecule has 0 aromatic carbocycles. The van der Waals surface area contributed by atoms with E-state index in [2.05, 4.69) is 23.5 Å². The van der Waals surface area contributed by atoms with Crippen molar-refractivity contribution in [3.8, 4) is 12.3 Å². The van der Waals surface area contributed by atoms with Crippen molar-refractivity contribution < 1.29 is 0 Å². The molecule has 0 aromatic rings. The Hall–Kier alpha value is -0.520. The third-order valence-corrected chi connectivity index (χ3v) is 2.71. The fraction of sp³-hybridized carbons (Fsp3) is 0.818. The minimum Gasteiger partial charge on any atom is -0.314 e. The van der Waals surface area contributed by atoms with Gasteiger partial charge in [-0.15, -0.1) is 6.42 Å². The van der Waals surface area contributed by atoms with Crippen LogP contribution in [-0.4, -0.2) is 25.2 Å². The van der Waals surface area contributed by atoms with Gasteiger partial charge in [-0.2, -0.15) is 0 Å². The zero-order chi connectivity index (χ0) is 9.52. The highest BCUT2D eigenvalue weighted by Gasteiger charge is 2.19. The van der Waals surface area contributed by atoms with Gasteiger partial charge in [0.15, 0.2) is 0 Å². The average molecular weight is 180 g/mol. The van der Waals surface area contributed by atoms with Crippen LogP contribution in [0, 0.1) is 12.3 Å². The van der Waals surface area contributed by atoms with Gasteiger partial charge in [-0.05, 0) is 32.2 Å². The predicted molar refractivity (Wildman–Crippen MR) is 56.6 cm³/mol. The highest BCUT2D eigenvalue weighted by molar-refractivity contribution is 4.90. The summed E-state index contributed by atoms with van der Waals surface area (Å²) in [6, 6.07) is 1.40. The second kappa shape index (κ2) is 6.01. The Morgan fingerprint density at radius 1 is 1.15 bits per heavy atom. The van der Waals surface area contributed by atoms with E-state index in [1.807, 2.05) is 0 Å². The molecule has 2 nitrogen and oxygen atoms in total. The second-order valence-electron chi connectivity index (χ2n) is 3.69. The van der Waals surface area contributed by atoms with Crippen molar-refractivity contribution in [2.24, 2.45) is 0 Å². The van der Waals surface area contributed by atoms with Crippen molar-refractivity contribution in [1.29, 1.82) is 0 Å². The minimum absolute atomic E-state index is 0.658. The molecule has 13 heavy (non-hydrogen) atoms. The topological polar surface area (TPSA) is 24.1 Å². The molecule has 0 aromatic heterocycles. The molecule has 0 amide bonds. The zero-order valence-electron chi connectivity index (χ0n) is 8.47. The molecule has 0 bridgehead atoms. The van der Waals surface area contributed by atoms with Crippen LogP contribution < -0.4 is 10.6 Å². The largest absolute Gasteiger partial charge is 0.314 e. The van der Waals surface area contributed by atoms with Gasteiger partial charge in [0.2, 0.25) is 0 Å². The molecule has 0 unspecified atom stereocenters. The Morgan fingerprint density at radius 2 is 1.69 bits per heavy atom. The summed E-state index contributed by atoms with van der Waals surface area (Å²) >= 11 is 0. The normalized spacial score (nSPS) is 28.3. The summed E-state index contributed by atoms with van der Waals surface area (Å²) < 4.78 is 0. The van der Waals surface area contributed by atoms with Crippen LogP contribution in [0.3, 0.4) is 0 Å². The van der Waals surface area contributed by atoms with E-state index < -0.39 is 0 Å². The smallest absolute Gasteiger partial charge is 0.0575 e. The molecule has 0 spiro atoms. The quantitative estimate of drug-likeness (QED) is 0.634. The van der Waals surface area contributed by atoms with Crippen LogP contribution in [0.15, 0.2) is 0 Å². The van der Waals surface area contributed by atoms with E-state index in [0.717, 1.165) is 19.1 Å². The summed E-state index contributed by atoms with van der Waals surface area (Å²) in [5, 5.41) is 6.86. The van der Waals surface area contributed by atoms with E-state index in [9.17, 15) is 0 Å². The molecule has 2 heteroatoms. The third-order valence-electron chi connectivity index (χ3n) is 2.71. The first kappa shape index (κ1) is 10.6. The molecule has 0 heterocycles. The summed E-state index contributed by atoms with van der Waals surface area (Å²) in [5.41, 5.74) is 0. The van der Waals surface area contributed by atoms with Gasteiger partial charge < -0.3 is 10.6 Å². The Morgan fingerprint density at radius 3 is 2.15 bits per heavy atom. The number of hydrogen-bond donors (Lipinski definition) is 2. The van der Waals surface area contributed by atoms with E-state index in [0.29, 0.717) is 6.04 Å². The maximum Gasteiger partial charge on any atom is 0.0575 e. The first-order valence-corrected chi connectivity index (χ1v) is 5.27. The lowest BCUT2D eigenvalue weighted by Crippen LogP contribution is -2.39. The lowest BCUT2D eigenvalue weighted by molar-refractivity contribution is 0.317. The van der Waals surface area contributed by atoms with Gasteiger partial charge in [-0.1, -0.05) is 12.8 Å². The first-order valence-electron chi connectivity index (χ1n) is 5.27. The van der Waals surface area contributed by atoms with E-state index in [-0.39, 0.29) is 0 Å². The fourth-order valence-electron chi connectivity index (χ4n) is 1.99. The Balaban J connectivity index is 2.12. The van der Waals surface area contributed by atoms with Crippen LogP contribution in [0.1, 0.15) is 32.6 Å². The summed E-state index contributed by atoms with van der Waals surface area (Å²) in [5.74, 6) is 2.62. The van der Waals surface area contributed by atoms with E-state index in [1.165, 1.54) is 25.7 Å². The van der Waals surface area contributed by atoms with E-state index >= 15 is 0 Å². The monoisotopic (exact) mass is 180 g/mol. The minimum atomic E-state index is 0.658. The zero-order valence-corrected chi connectivity index (χ0v) is 8.47. The number of hydrogen-bond acceptors (Lipinski definition) is 2. The Labute approximate surface area is 81.5 Å². The summed E-state index contributed by atoms with van der Waals surface area (Å²) in [6.07, 6.45) is 10.3. The van der Waals surface area contributed by atoms with Gasteiger partial charge in [0.1, 0.15) is 0 Å². The highest BCUT2D eigenvalue weighted by atomic mass is 14.9.